The molecule has 1 aliphatic rings. The van der Waals surface area contributed by atoms with Crippen molar-refractivity contribution in [3.05, 3.63) is 60.7 Å². The van der Waals surface area contributed by atoms with Crippen LogP contribution in [0.5, 0.6) is 11.5 Å². The molecule has 3 N–H and O–H groups in total. The fraction of sp³-hybridized carbons (Fsp3) is 0.381. The van der Waals surface area contributed by atoms with E-state index in [9.17, 15) is 9.36 Å². The van der Waals surface area contributed by atoms with E-state index in [0.29, 0.717) is 24.3 Å². The minimum absolute atomic E-state index is 0.312. The lowest BCUT2D eigenvalue weighted by Crippen LogP contribution is -2.56. The Bertz CT molecular complexity index is 777. The zero-order valence-electron chi connectivity index (χ0n) is 16.0. The molecule has 1 fully saturated rings. The van der Waals surface area contributed by atoms with Crippen molar-refractivity contribution in [2.45, 2.75) is 50.3 Å². The van der Waals surface area contributed by atoms with E-state index < -0.39 is 18.9 Å². The molecule has 0 spiro atoms. The van der Waals surface area contributed by atoms with Gasteiger partial charge in [-0.05, 0) is 44.0 Å². The average molecular weight is 402 g/mol. The molecule has 0 heterocycles. The van der Waals surface area contributed by atoms with E-state index in [0.717, 1.165) is 19.3 Å². The molecule has 0 aromatic heterocycles. The summed E-state index contributed by atoms with van der Waals surface area (Å²) in [5.74, 6) is -0.373. The van der Waals surface area contributed by atoms with E-state index in [1.54, 1.807) is 55.5 Å². The molecule has 0 radical (unpaired) electrons. The Labute approximate surface area is 166 Å². The smallest absolute Gasteiger partial charge is 0.415 e. The van der Waals surface area contributed by atoms with Crippen molar-refractivity contribution < 1.29 is 18.4 Å². The van der Waals surface area contributed by atoms with Gasteiger partial charge in [-0.15, -0.1) is 0 Å². The highest BCUT2D eigenvalue weighted by Crippen LogP contribution is 2.52. The van der Waals surface area contributed by atoms with Gasteiger partial charge in [0.25, 0.3) is 0 Å². The summed E-state index contributed by atoms with van der Waals surface area (Å²) in [7, 11) is -3.78. The lowest BCUT2D eigenvalue weighted by Gasteiger charge is -2.34. The Morgan fingerprint density at radius 3 is 1.89 bits per heavy atom. The summed E-state index contributed by atoms with van der Waals surface area (Å²) in [4.78, 5) is 12.8. The lowest BCUT2D eigenvalue weighted by molar-refractivity contribution is -0.127. The van der Waals surface area contributed by atoms with Crippen molar-refractivity contribution in [2.75, 3.05) is 0 Å². The van der Waals surface area contributed by atoms with E-state index in [4.69, 9.17) is 14.8 Å². The third-order valence-electron chi connectivity index (χ3n) is 4.96. The van der Waals surface area contributed by atoms with Crippen molar-refractivity contribution in [3.8, 4) is 11.5 Å². The van der Waals surface area contributed by atoms with Gasteiger partial charge in [-0.1, -0.05) is 55.7 Å². The molecular formula is C21H27N2O4P. The van der Waals surface area contributed by atoms with Crippen LogP contribution in [-0.2, 0) is 9.36 Å². The van der Waals surface area contributed by atoms with Gasteiger partial charge in [0.15, 0.2) is 5.78 Å². The normalized spacial score (nSPS) is 17.4. The van der Waals surface area contributed by atoms with Crippen LogP contribution < -0.4 is 20.1 Å². The molecule has 1 aliphatic carbocycles. The van der Waals surface area contributed by atoms with Gasteiger partial charge in [-0.3, -0.25) is 4.79 Å². The summed E-state index contributed by atoms with van der Waals surface area (Å²) >= 11 is 0. The van der Waals surface area contributed by atoms with Crippen LogP contribution in [0.15, 0.2) is 60.7 Å². The Balaban J connectivity index is 1.80. The number of para-hydroxylation sites is 2. The molecule has 0 saturated heterocycles. The molecule has 150 valence electrons. The maximum Gasteiger partial charge on any atom is 0.452 e. The van der Waals surface area contributed by atoms with Gasteiger partial charge in [-0.25, -0.2) is 4.57 Å². The molecule has 0 bridgehead atoms. The van der Waals surface area contributed by atoms with Gasteiger partial charge in [0.1, 0.15) is 11.5 Å². The molecule has 3 rings (SSSR count). The van der Waals surface area contributed by atoms with Crippen LogP contribution >= 0.6 is 7.60 Å². The first-order chi connectivity index (χ1) is 13.4. The van der Waals surface area contributed by atoms with Gasteiger partial charge in [-0.2, -0.15) is 0 Å². The van der Waals surface area contributed by atoms with Gasteiger partial charge >= 0.3 is 7.60 Å². The topological polar surface area (TPSA) is 90.7 Å². The number of rotatable bonds is 7. The Hall–Kier alpha value is -2.30. The summed E-state index contributed by atoms with van der Waals surface area (Å²) < 4.78 is 25.2. The molecule has 1 amide bonds. The van der Waals surface area contributed by atoms with Crippen LogP contribution in [0.4, 0.5) is 0 Å². The van der Waals surface area contributed by atoms with Crippen LogP contribution in [0, 0.1) is 0 Å². The zero-order chi connectivity index (χ0) is 20.0. The number of hydrogen-bond donors (Lipinski definition) is 2. The number of hydrogen-bond acceptors (Lipinski definition) is 5. The Morgan fingerprint density at radius 1 is 0.964 bits per heavy atom. The highest BCUT2D eigenvalue weighted by Gasteiger charge is 2.42. The van der Waals surface area contributed by atoms with Crippen molar-refractivity contribution in [3.63, 3.8) is 0 Å². The number of nitrogens with two attached hydrogens (primary N) is 1. The molecular weight excluding hydrogens is 375 g/mol. The molecule has 1 unspecified atom stereocenters. The van der Waals surface area contributed by atoms with Crippen LogP contribution in [0.2, 0.25) is 0 Å². The molecule has 2 aromatic rings. The van der Waals surface area contributed by atoms with Crippen molar-refractivity contribution in [1.29, 1.82) is 0 Å². The van der Waals surface area contributed by atoms with Crippen LogP contribution in [0.3, 0.4) is 0 Å². The third kappa shape index (κ3) is 4.94. The van der Waals surface area contributed by atoms with Crippen molar-refractivity contribution in [1.82, 2.24) is 5.32 Å². The SMILES string of the molecule is CC(NC(=O)C1(N)CCCCC1)P(=O)(Oc1ccccc1)Oc1ccccc1. The highest BCUT2D eigenvalue weighted by atomic mass is 31.2. The van der Waals surface area contributed by atoms with Gasteiger partial charge in [0.05, 0.1) is 5.54 Å². The Kier molecular flexibility index (Phi) is 6.42. The highest BCUT2D eigenvalue weighted by molar-refractivity contribution is 7.55. The number of amides is 1. The molecule has 1 saturated carbocycles. The van der Waals surface area contributed by atoms with E-state index in [1.807, 2.05) is 12.1 Å². The van der Waals surface area contributed by atoms with Crippen molar-refractivity contribution >= 4 is 13.5 Å². The largest absolute Gasteiger partial charge is 0.452 e. The fourth-order valence-corrected chi connectivity index (χ4v) is 4.72. The fourth-order valence-electron chi connectivity index (χ4n) is 3.26. The Morgan fingerprint density at radius 2 is 1.43 bits per heavy atom. The minimum atomic E-state index is -3.78. The second-order valence-electron chi connectivity index (χ2n) is 7.21. The summed E-state index contributed by atoms with van der Waals surface area (Å²) in [6.45, 7) is 1.62. The summed E-state index contributed by atoms with van der Waals surface area (Å²) in [6, 6.07) is 17.6. The number of nitrogens with one attached hydrogen (secondary N) is 1. The maximum atomic E-state index is 13.7. The zero-order valence-corrected chi connectivity index (χ0v) is 16.9. The number of carbonyl (C=O) groups excluding carboxylic acids is 1. The predicted octanol–water partition coefficient (Wildman–Crippen LogP) is 4.46. The molecule has 1 atom stereocenters. The second-order valence-corrected chi connectivity index (χ2v) is 9.43. The summed E-state index contributed by atoms with van der Waals surface area (Å²) in [5.41, 5.74) is 5.38. The summed E-state index contributed by atoms with van der Waals surface area (Å²) in [6.07, 6.45) is 4.15. The second kappa shape index (κ2) is 8.80. The molecule has 0 aliphatic heterocycles. The van der Waals surface area contributed by atoms with E-state index >= 15 is 0 Å². The average Bonchev–Trinajstić information content (AvgIpc) is 2.70. The standard InChI is InChI=1S/C21H27N2O4P/c1-17(23-20(24)21(22)15-9-4-10-16-21)28(25,26-18-11-5-2-6-12-18)27-19-13-7-3-8-14-19/h2-3,5-8,11-14,17H,4,9-10,15-16,22H2,1H3,(H,23,24). The number of benzene rings is 2. The first-order valence-corrected chi connectivity index (χ1v) is 11.2. The molecule has 2 aromatic carbocycles. The van der Waals surface area contributed by atoms with E-state index in [1.165, 1.54) is 0 Å². The number of carbonyl (C=O) groups is 1. The summed E-state index contributed by atoms with van der Waals surface area (Å²) in [5, 5.41) is 2.79. The predicted molar refractivity (Wildman–Crippen MR) is 109 cm³/mol. The van der Waals surface area contributed by atoms with Crippen LogP contribution in [-0.4, -0.2) is 17.2 Å². The van der Waals surface area contributed by atoms with Gasteiger partial charge < -0.3 is 20.1 Å². The van der Waals surface area contributed by atoms with Gasteiger partial charge in [0, 0.05) is 0 Å². The first-order valence-electron chi connectivity index (χ1n) is 9.60. The van der Waals surface area contributed by atoms with E-state index in [-0.39, 0.29) is 5.91 Å². The third-order valence-corrected chi connectivity index (χ3v) is 6.97. The monoisotopic (exact) mass is 402 g/mol. The van der Waals surface area contributed by atoms with E-state index in [2.05, 4.69) is 5.32 Å². The maximum absolute atomic E-state index is 13.7. The molecule has 7 heteroatoms. The quantitative estimate of drug-likeness (QED) is 0.667. The lowest BCUT2D eigenvalue weighted by atomic mass is 9.82. The van der Waals surface area contributed by atoms with Crippen molar-refractivity contribution in [2.24, 2.45) is 5.73 Å². The van der Waals surface area contributed by atoms with Gasteiger partial charge in [0.2, 0.25) is 5.91 Å². The van der Waals surface area contributed by atoms with Crippen LogP contribution in [0.25, 0.3) is 0 Å². The van der Waals surface area contributed by atoms with Crippen LogP contribution in [0.1, 0.15) is 39.0 Å². The molecule has 6 nitrogen and oxygen atoms in total. The minimum Gasteiger partial charge on any atom is -0.415 e. The first kappa shape index (κ1) is 20.4. The molecule has 28 heavy (non-hydrogen) atoms.